The van der Waals surface area contributed by atoms with Gasteiger partial charge in [0.15, 0.2) is 0 Å². The normalized spacial score (nSPS) is 12.5. The molecule has 0 aliphatic heterocycles. The van der Waals surface area contributed by atoms with Gasteiger partial charge in [0.25, 0.3) is 5.69 Å². The minimum Gasteiger partial charge on any atom is -0.272 e. The summed E-state index contributed by atoms with van der Waals surface area (Å²) in [6.07, 6.45) is 2.99. The van der Waals surface area contributed by atoms with Crippen LogP contribution in [0.3, 0.4) is 0 Å². The molecule has 2 rings (SSSR count). The van der Waals surface area contributed by atoms with Crippen LogP contribution in [0.2, 0.25) is 0 Å². The highest BCUT2D eigenvalue weighted by Crippen LogP contribution is 2.29. The molecule has 0 fully saturated rings. The summed E-state index contributed by atoms with van der Waals surface area (Å²) in [7, 11) is -3.81. The van der Waals surface area contributed by atoms with Crippen molar-refractivity contribution in [3.8, 4) is 0 Å². The van der Waals surface area contributed by atoms with E-state index in [2.05, 4.69) is 10.5 Å². The van der Waals surface area contributed by atoms with Crippen LogP contribution >= 0.6 is 11.6 Å². The van der Waals surface area contributed by atoms with Gasteiger partial charge < -0.3 is 0 Å². The maximum absolute atomic E-state index is 12.6. The molecule has 1 N–H and O–H groups in total. The molecule has 154 valence electrons. The van der Waals surface area contributed by atoms with Crippen molar-refractivity contribution in [2.24, 2.45) is 5.10 Å². The second kappa shape index (κ2) is 10.1. The first-order valence-electron chi connectivity index (χ1n) is 8.79. The Morgan fingerprint density at radius 2 is 1.86 bits per heavy atom. The van der Waals surface area contributed by atoms with Gasteiger partial charge >= 0.3 is 0 Å². The summed E-state index contributed by atoms with van der Waals surface area (Å²) < 4.78 is 26.4. The number of allylic oxidation sites excluding steroid dienone is 1. The minimum atomic E-state index is -3.81. The number of nitrogens with zero attached hydrogens (tertiary/aromatic N) is 3. The minimum absolute atomic E-state index is 0.0499. The molecule has 8 nitrogen and oxygen atoms in total. The lowest BCUT2D eigenvalue weighted by Gasteiger charge is -2.18. The molecule has 0 atom stereocenters. The van der Waals surface area contributed by atoms with Gasteiger partial charge in [0, 0.05) is 19.2 Å². The topological polar surface area (TPSA) is 105 Å². The quantitative estimate of drug-likeness (QED) is 0.358. The van der Waals surface area contributed by atoms with Crippen molar-refractivity contribution in [2.75, 3.05) is 18.5 Å². The maximum atomic E-state index is 12.6. The fourth-order valence-corrected chi connectivity index (χ4v) is 4.19. The number of nitrogens with one attached hydrogen (secondary N) is 1. The van der Waals surface area contributed by atoms with Crippen molar-refractivity contribution >= 4 is 45.3 Å². The van der Waals surface area contributed by atoms with E-state index in [1.54, 1.807) is 19.9 Å². The summed E-state index contributed by atoms with van der Waals surface area (Å²) in [5.74, 6) is 0. The molecule has 2 aromatic rings. The van der Waals surface area contributed by atoms with E-state index in [1.165, 1.54) is 22.7 Å². The first-order chi connectivity index (χ1) is 13.8. The number of hydrogen-bond donors (Lipinski definition) is 1. The average molecular weight is 437 g/mol. The molecule has 0 saturated heterocycles. The SMILES string of the molecule is CCN(CC)S(=O)(=O)c1ccc(N/N=C\C(Cl)=C\c2ccccc2)c([N+](=O)[O-])c1. The van der Waals surface area contributed by atoms with Crippen LogP contribution < -0.4 is 5.43 Å². The van der Waals surface area contributed by atoms with Crippen LogP contribution in [-0.4, -0.2) is 37.0 Å². The summed E-state index contributed by atoms with van der Waals surface area (Å²) in [5, 5.41) is 15.6. The van der Waals surface area contributed by atoms with E-state index >= 15 is 0 Å². The lowest BCUT2D eigenvalue weighted by atomic mass is 10.2. The van der Waals surface area contributed by atoms with Crippen LogP contribution in [0.25, 0.3) is 6.08 Å². The Hall–Kier alpha value is -2.75. The zero-order valence-electron chi connectivity index (χ0n) is 15.9. The molecule has 0 aromatic heterocycles. The molecule has 0 unspecified atom stereocenters. The first-order valence-corrected chi connectivity index (χ1v) is 10.6. The van der Waals surface area contributed by atoms with E-state index < -0.39 is 20.6 Å². The summed E-state index contributed by atoms with van der Waals surface area (Å²) in [5.41, 5.74) is 3.06. The summed E-state index contributed by atoms with van der Waals surface area (Å²) in [6, 6.07) is 13.0. The summed E-state index contributed by atoms with van der Waals surface area (Å²) in [6.45, 7) is 3.94. The van der Waals surface area contributed by atoms with E-state index in [0.717, 1.165) is 11.6 Å². The van der Waals surface area contributed by atoms with Crippen molar-refractivity contribution in [1.82, 2.24) is 4.31 Å². The van der Waals surface area contributed by atoms with Crippen molar-refractivity contribution in [3.63, 3.8) is 0 Å². The Bertz CT molecular complexity index is 1020. The molecule has 10 heteroatoms. The number of anilines is 1. The number of rotatable bonds is 9. The highest BCUT2D eigenvalue weighted by molar-refractivity contribution is 7.89. The Morgan fingerprint density at radius 1 is 1.21 bits per heavy atom. The van der Waals surface area contributed by atoms with Gasteiger partial charge in [-0.25, -0.2) is 8.42 Å². The number of nitro benzene ring substituents is 1. The Labute approximate surface area is 174 Å². The lowest BCUT2D eigenvalue weighted by molar-refractivity contribution is -0.384. The smallest absolute Gasteiger partial charge is 0.272 e. The Kier molecular flexibility index (Phi) is 7.89. The molecule has 29 heavy (non-hydrogen) atoms. The Balaban J connectivity index is 2.25. The fraction of sp³-hybridized carbons (Fsp3) is 0.211. The fourth-order valence-electron chi connectivity index (χ4n) is 2.54. The molecule has 2 aromatic carbocycles. The largest absolute Gasteiger partial charge is 0.295 e. The second-order valence-electron chi connectivity index (χ2n) is 5.84. The molecular weight excluding hydrogens is 416 g/mol. The number of nitro groups is 1. The van der Waals surface area contributed by atoms with Gasteiger partial charge in [-0.1, -0.05) is 55.8 Å². The number of benzene rings is 2. The lowest BCUT2D eigenvalue weighted by Crippen LogP contribution is -2.30. The molecule has 0 aliphatic rings. The van der Waals surface area contributed by atoms with E-state index in [9.17, 15) is 18.5 Å². The van der Waals surface area contributed by atoms with E-state index in [0.29, 0.717) is 5.03 Å². The third kappa shape index (κ3) is 5.86. The third-order valence-electron chi connectivity index (χ3n) is 3.99. The average Bonchev–Trinajstić information content (AvgIpc) is 2.69. The monoisotopic (exact) mass is 436 g/mol. The molecule has 0 spiro atoms. The molecule has 0 aliphatic carbocycles. The molecular formula is C19H21ClN4O4S. The zero-order valence-corrected chi connectivity index (χ0v) is 17.5. The van der Waals surface area contributed by atoms with Crippen LogP contribution in [-0.2, 0) is 10.0 Å². The molecule has 0 radical (unpaired) electrons. The van der Waals surface area contributed by atoms with Gasteiger partial charge in [-0.15, -0.1) is 0 Å². The maximum Gasteiger partial charge on any atom is 0.295 e. The van der Waals surface area contributed by atoms with Gasteiger partial charge in [0.1, 0.15) is 5.69 Å². The summed E-state index contributed by atoms with van der Waals surface area (Å²) in [4.78, 5) is 10.6. The molecule has 0 bridgehead atoms. The number of hydrogen-bond acceptors (Lipinski definition) is 6. The highest BCUT2D eigenvalue weighted by Gasteiger charge is 2.25. The molecule has 0 saturated carbocycles. The highest BCUT2D eigenvalue weighted by atomic mass is 35.5. The summed E-state index contributed by atoms with van der Waals surface area (Å²) >= 11 is 6.09. The number of halogens is 1. The van der Waals surface area contributed by atoms with Crippen molar-refractivity contribution < 1.29 is 13.3 Å². The van der Waals surface area contributed by atoms with E-state index in [-0.39, 0.29) is 23.7 Å². The van der Waals surface area contributed by atoms with Crippen LogP contribution in [0.15, 0.2) is 63.6 Å². The number of sulfonamides is 1. The first kappa shape index (κ1) is 22.5. The van der Waals surface area contributed by atoms with Gasteiger partial charge in [0.2, 0.25) is 10.0 Å². The molecule has 0 amide bonds. The van der Waals surface area contributed by atoms with Gasteiger partial charge in [-0.2, -0.15) is 9.41 Å². The van der Waals surface area contributed by atoms with Gasteiger partial charge in [0.05, 0.1) is 21.1 Å². The van der Waals surface area contributed by atoms with Crippen LogP contribution in [0.4, 0.5) is 11.4 Å². The Morgan fingerprint density at radius 3 is 2.45 bits per heavy atom. The molecule has 0 heterocycles. The number of hydrazone groups is 1. The third-order valence-corrected chi connectivity index (χ3v) is 6.24. The van der Waals surface area contributed by atoms with Crippen LogP contribution in [0.1, 0.15) is 19.4 Å². The zero-order chi connectivity index (χ0) is 21.4. The predicted molar refractivity (Wildman–Crippen MR) is 116 cm³/mol. The van der Waals surface area contributed by atoms with Crippen molar-refractivity contribution in [3.05, 3.63) is 69.2 Å². The van der Waals surface area contributed by atoms with Crippen molar-refractivity contribution in [1.29, 1.82) is 0 Å². The predicted octanol–water partition coefficient (Wildman–Crippen LogP) is 4.30. The van der Waals surface area contributed by atoms with Crippen LogP contribution in [0, 0.1) is 10.1 Å². The van der Waals surface area contributed by atoms with Crippen molar-refractivity contribution in [2.45, 2.75) is 18.7 Å². The van der Waals surface area contributed by atoms with Crippen LogP contribution in [0.5, 0.6) is 0 Å². The standard InChI is InChI=1S/C19H21ClN4O4S/c1-3-23(4-2)29(27,28)17-10-11-18(19(13-17)24(25)26)22-21-14-16(20)12-15-8-6-5-7-9-15/h5-14,22H,3-4H2,1-2H3/b16-12-,21-14-. The van der Waals surface area contributed by atoms with E-state index in [4.69, 9.17) is 11.6 Å². The van der Waals surface area contributed by atoms with Gasteiger partial charge in [-0.05, 0) is 23.8 Å². The van der Waals surface area contributed by atoms with E-state index in [1.807, 2.05) is 30.3 Å². The second-order valence-corrected chi connectivity index (χ2v) is 8.21. The van der Waals surface area contributed by atoms with Gasteiger partial charge in [-0.3, -0.25) is 15.5 Å².